The number of nitrogens with zero attached hydrogens (tertiary/aromatic N) is 4. The molecule has 0 spiro atoms. The summed E-state index contributed by atoms with van der Waals surface area (Å²) in [5.41, 5.74) is 3.36. The summed E-state index contributed by atoms with van der Waals surface area (Å²) in [5, 5.41) is 0. The third-order valence-corrected chi connectivity index (χ3v) is 7.94. The van der Waals surface area contributed by atoms with E-state index in [1.54, 1.807) is 11.2 Å². The van der Waals surface area contributed by atoms with Crippen molar-refractivity contribution in [2.75, 3.05) is 61.9 Å². The molecule has 0 N–H and O–H groups in total. The molecule has 2 aliphatic heterocycles. The number of anilines is 3. The molecular weight excluding hydrogens is 422 g/mol. The van der Waals surface area contributed by atoms with E-state index < -0.39 is 21.7 Å². The van der Waals surface area contributed by atoms with E-state index in [0.717, 1.165) is 29.5 Å². The maximum atomic E-state index is 14.5. The molecule has 1 saturated heterocycles. The van der Waals surface area contributed by atoms with E-state index in [1.165, 1.54) is 12.1 Å². The van der Waals surface area contributed by atoms with Crippen molar-refractivity contribution in [3.05, 3.63) is 53.6 Å². The van der Waals surface area contributed by atoms with Crippen molar-refractivity contribution in [2.24, 2.45) is 0 Å². The van der Waals surface area contributed by atoms with Gasteiger partial charge in [-0.3, -0.25) is 0 Å². The van der Waals surface area contributed by atoms with Crippen LogP contribution in [0.3, 0.4) is 0 Å². The van der Waals surface area contributed by atoms with Crippen LogP contribution >= 0.6 is 0 Å². The molecule has 31 heavy (non-hydrogen) atoms. The van der Waals surface area contributed by atoms with Gasteiger partial charge in [0.25, 0.3) is 0 Å². The normalized spacial score (nSPS) is 18.7. The summed E-state index contributed by atoms with van der Waals surface area (Å²) in [5.74, 6) is -1.05. The van der Waals surface area contributed by atoms with E-state index in [2.05, 4.69) is 15.9 Å². The van der Waals surface area contributed by atoms with Gasteiger partial charge in [0.1, 0.15) is 11.6 Å². The van der Waals surface area contributed by atoms with Crippen molar-refractivity contribution in [3.63, 3.8) is 0 Å². The zero-order chi connectivity index (χ0) is 22.2. The van der Waals surface area contributed by atoms with E-state index in [1.807, 2.05) is 24.1 Å². The largest absolute Gasteiger partial charge is 0.369 e. The minimum atomic E-state index is -3.17. The summed E-state index contributed by atoms with van der Waals surface area (Å²) < 4.78 is 53.8. The zero-order valence-electron chi connectivity index (χ0n) is 17.9. The van der Waals surface area contributed by atoms with Gasteiger partial charge in [0.2, 0.25) is 10.0 Å². The molecule has 0 amide bonds. The minimum absolute atomic E-state index is 0.119. The minimum Gasteiger partial charge on any atom is -0.369 e. The van der Waals surface area contributed by atoms with Crippen LogP contribution in [0.4, 0.5) is 25.8 Å². The van der Waals surface area contributed by atoms with Crippen LogP contribution in [-0.4, -0.2) is 69.7 Å². The predicted molar refractivity (Wildman–Crippen MR) is 119 cm³/mol. The second kappa shape index (κ2) is 8.72. The molecule has 4 rings (SSSR count). The molecule has 0 unspecified atom stereocenters. The van der Waals surface area contributed by atoms with Crippen LogP contribution in [0.5, 0.6) is 0 Å². The van der Waals surface area contributed by atoms with Crippen molar-refractivity contribution in [2.45, 2.75) is 13.5 Å². The van der Waals surface area contributed by atoms with Crippen LogP contribution < -0.4 is 9.80 Å². The highest BCUT2D eigenvalue weighted by molar-refractivity contribution is 7.89. The van der Waals surface area contributed by atoms with Crippen LogP contribution in [0.25, 0.3) is 0 Å². The smallest absolute Gasteiger partial charge is 0.213 e. The van der Waals surface area contributed by atoms with Gasteiger partial charge in [0, 0.05) is 63.3 Å². The number of sulfonamides is 1. The van der Waals surface area contributed by atoms with E-state index in [0.29, 0.717) is 45.0 Å². The van der Waals surface area contributed by atoms with Crippen molar-refractivity contribution in [1.29, 1.82) is 0 Å². The Morgan fingerprint density at radius 3 is 2.29 bits per heavy atom. The Labute approximate surface area is 182 Å². The molecule has 0 saturated carbocycles. The number of likely N-dealkylation sites (N-methyl/N-ethyl adjacent to an activating group) is 1. The number of benzene rings is 2. The first kappa shape index (κ1) is 22.0. The van der Waals surface area contributed by atoms with Gasteiger partial charge >= 0.3 is 0 Å². The first-order valence-corrected chi connectivity index (χ1v) is 12.2. The lowest BCUT2D eigenvalue weighted by atomic mass is 10.1. The summed E-state index contributed by atoms with van der Waals surface area (Å²) in [6, 6.07) is 9.79. The molecule has 168 valence electrons. The number of piperazine rings is 1. The maximum absolute atomic E-state index is 14.5. The number of halogens is 2. The van der Waals surface area contributed by atoms with Crippen LogP contribution in [0, 0.1) is 11.6 Å². The summed E-state index contributed by atoms with van der Waals surface area (Å²) in [4.78, 5) is 6.27. The first-order chi connectivity index (χ1) is 14.8. The standard InChI is InChI=1S/C22H28F2N4O2S/c1-3-31(29,30)27-11-9-26(10-12-27)19-5-7-21-17(14-19)16-25(2)8-13-28(21)22-6-4-18(23)15-20(22)24/h4-7,14-15H,3,8-13,16H2,1-2H3. The molecule has 0 bridgehead atoms. The predicted octanol–water partition coefficient (Wildman–Crippen LogP) is 3.02. The Bertz CT molecular complexity index is 1060. The van der Waals surface area contributed by atoms with Gasteiger partial charge in [0.05, 0.1) is 11.4 Å². The van der Waals surface area contributed by atoms with Gasteiger partial charge in [-0.2, -0.15) is 4.31 Å². The maximum Gasteiger partial charge on any atom is 0.213 e. The molecule has 0 aliphatic carbocycles. The highest BCUT2D eigenvalue weighted by atomic mass is 32.2. The van der Waals surface area contributed by atoms with E-state index in [-0.39, 0.29) is 5.75 Å². The molecule has 2 heterocycles. The second-order valence-corrected chi connectivity index (χ2v) is 10.3. The quantitative estimate of drug-likeness (QED) is 0.717. The molecule has 0 atom stereocenters. The van der Waals surface area contributed by atoms with Crippen LogP contribution in [0.2, 0.25) is 0 Å². The lowest BCUT2D eigenvalue weighted by Crippen LogP contribution is -2.49. The Morgan fingerprint density at radius 2 is 1.61 bits per heavy atom. The number of rotatable bonds is 4. The molecule has 0 radical (unpaired) electrons. The van der Waals surface area contributed by atoms with Gasteiger partial charge < -0.3 is 14.7 Å². The Balaban J connectivity index is 1.61. The molecule has 0 aromatic heterocycles. The molecular formula is C22H28F2N4O2S. The highest BCUT2D eigenvalue weighted by Gasteiger charge is 2.27. The fraction of sp³-hybridized carbons (Fsp3) is 0.455. The van der Waals surface area contributed by atoms with Crippen LogP contribution in [0.1, 0.15) is 12.5 Å². The number of fused-ring (bicyclic) bond motifs is 1. The zero-order valence-corrected chi connectivity index (χ0v) is 18.7. The lowest BCUT2D eigenvalue weighted by Gasteiger charge is -2.36. The topological polar surface area (TPSA) is 47.1 Å². The highest BCUT2D eigenvalue weighted by Crippen LogP contribution is 2.35. The second-order valence-electron chi connectivity index (χ2n) is 8.08. The van der Waals surface area contributed by atoms with Gasteiger partial charge in [-0.15, -0.1) is 0 Å². The third kappa shape index (κ3) is 4.53. The molecule has 9 heteroatoms. The lowest BCUT2D eigenvalue weighted by molar-refractivity contribution is 0.343. The summed E-state index contributed by atoms with van der Waals surface area (Å²) >= 11 is 0. The van der Waals surface area contributed by atoms with E-state index in [9.17, 15) is 17.2 Å². The van der Waals surface area contributed by atoms with Crippen LogP contribution in [-0.2, 0) is 16.6 Å². The Morgan fingerprint density at radius 1 is 0.903 bits per heavy atom. The molecule has 2 aliphatic rings. The monoisotopic (exact) mass is 450 g/mol. The molecule has 2 aromatic rings. The number of hydrogen-bond acceptors (Lipinski definition) is 5. The number of hydrogen-bond donors (Lipinski definition) is 0. The van der Waals surface area contributed by atoms with Crippen LogP contribution in [0.15, 0.2) is 36.4 Å². The Hall–Kier alpha value is -2.23. The van der Waals surface area contributed by atoms with Gasteiger partial charge in [0.15, 0.2) is 0 Å². The summed E-state index contributed by atoms with van der Waals surface area (Å²) in [7, 11) is -1.14. The average molecular weight is 451 g/mol. The summed E-state index contributed by atoms with van der Waals surface area (Å²) in [6.07, 6.45) is 0. The van der Waals surface area contributed by atoms with E-state index >= 15 is 0 Å². The van der Waals surface area contributed by atoms with Crippen molar-refractivity contribution < 1.29 is 17.2 Å². The SMILES string of the molecule is CCS(=O)(=O)N1CCN(c2ccc3c(c2)CN(C)CCN3c2ccc(F)cc2F)CC1. The van der Waals surface area contributed by atoms with Gasteiger partial charge in [-0.1, -0.05) is 0 Å². The van der Waals surface area contributed by atoms with Crippen molar-refractivity contribution >= 4 is 27.1 Å². The molecule has 1 fully saturated rings. The molecule has 6 nitrogen and oxygen atoms in total. The fourth-order valence-electron chi connectivity index (χ4n) is 4.28. The summed E-state index contributed by atoms with van der Waals surface area (Å²) in [6.45, 7) is 5.93. The average Bonchev–Trinajstić information content (AvgIpc) is 2.91. The van der Waals surface area contributed by atoms with Crippen molar-refractivity contribution in [1.82, 2.24) is 9.21 Å². The first-order valence-electron chi connectivity index (χ1n) is 10.6. The Kier molecular flexibility index (Phi) is 6.18. The van der Waals surface area contributed by atoms with Gasteiger partial charge in [-0.25, -0.2) is 17.2 Å². The molecule has 2 aromatic carbocycles. The van der Waals surface area contributed by atoms with Gasteiger partial charge in [-0.05, 0) is 49.9 Å². The fourth-order valence-corrected chi connectivity index (χ4v) is 5.36. The van der Waals surface area contributed by atoms with Crippen molar-refractivity contribution in [3.8, 4) is 0 Å². The third-order valence-electron chi connectivity index (χ3n) is 6.06. The van der Waals surface area contributed by atoms with E-state index in [4.69, 9.17) is 0 Å².